The summed E-state index contributed by atoms with van der Waals surface area (Å²) >= 11 is 1.64. The van der Waals surface area contributed by atoms with Crippen molar-refractivity contribution < 1.29 is 14.4 Å². The first-order valence-corrected chi connectivity index (χ1v) is 16.4. The Kier molecular flexibility index (Phi) is 7.34. The van der Waals surface area contributed by atoms with Crippen molar-refractivity contribution >= 4 is 28.8 Å². The molecule has 220 valence electrons. The van der Waals surface area contributed by atoms with Gasteiger partial charge >= 0.3 is 11.1 Å². The first kappa shape index (κ1) is 30.0. The highest BCUT2D eigenvalue weighted by atomic mass is 32.1. The smallest absolute Gasteiger partial charge is 0.306 e. The van der Waals surface area contributed by atoms with Crippen molar-refractivity contribution in [3.8, 4) is 13.1 Å². The van der Waals surface area contributed by atoms with Crippen LogP contribution in [0.25, 0.3) is 9.69 Å². The molecule has 1 aromatic rings. The van der Waals surface area contributed by atoms with Gasteiger partial charge in [-0.15, -0.1) is 11.3 Å². The topological polar surface area (TPSA) is 72.0 Å². The Morgan fingerprint density at radius 2 is 1.73 bits per heavy atom. The average Bonchev–Trinajstić information content (AvgIpc) is 3.56. The lowest BCUT2D eigenvalue weighted by atomic mass is 9.37. The van der Waals surface area contributed by atoms with E-state index in [1.807, 2.05) is 24.4 Å². The lowest BCUT2D eigenvalue weighted by Crippen LogP contribution is -2.74. The van der Waals surface area contributed by atoms with Gasteiger partial charge in [-0.2, -0.15) is 0 Å². The molecular formula is C34H47N3O3S+2. The van der Waals surface area contributed by atoms with E-state index >= 15 is 0 Å². The Morgan fingerprint density at radius 3 is 2.37 bits per heavy atom. The Balaban J connectivity index is 1.52. The fourth-order valence-electron chi connectivity index (χ4n) is 10.9. The number of nitrogens with one attached hydrogen (secondary N) is 1. The predicted molar refractivity (Wildman–Crippen MR) is 164 cm³/mol. The second-order valence-corrected chi connectivity index (χ2v) is 15.5. The van der Waals surface area contributed by atoms with Crippen LogP contribution in [-0.2, 0) is 14.4 Å². The van der Waals surface area contributed by atoms with E-state index in [1.54, 1.807) is 11.3 Å². The van der Waals surface area contributed by atoms with Crippen LogP contribution < -0.4 is 5.32 Å². The Morgan fingerprint density at radius 1 is 1.05 bits per heavy atom. The summed E-state index contributed by atoms with van der Waals surface area (Å²) in [5.41, 5.74) is -3.57. The monoisotopic (exact) mass is 577 g/mol. The van der Waals surface area contributed by atoms with Crippen LogP contribution in [0.4, 0.5) is 0 Å². The molecule has 0 radical (unpaired) electrons. The van der Waals surface area contributed by atoms with Crippen molar-refractivity contribution in [2.24, 2.45) is 39.9 Å². The van der Waals surface area contributed by atoms with Crippen molar-refractivity contribution in [2.75, 3.05) is 0 Å². The lowest BCUT2D eigenvalue weighted by molar-refractivity contribution is -0.158. The molecule has 1 amide bonds. The highest BCUT2D eigenvalue weighted by molar-refractivity contribution is 7.10. The molecule has 4 aliphatic rings. The van der Waals surface area contributed by atoms with Gasteiger partial charge in [0, 0.05) is 43.4 Å². The maximum Gasteiger partial charge on any atom is 0.306 e. The fourth-order valence-corrected chi connectivity index (χ4v) is 11.7. The number of nitrogens with zero attached hydrogens (tertiary/aromatic N) is 2. The molecule has 1 heterocycles. The van der Waals surface area contributed by atoms with Gasteiger partial charge in [-0.25, -0.2) is 0 Å². The van der Waals surface area contributed by atoms with Gasteiger partial charge in [-0.1, -0.05) is 43.5 Å². The van der Waals surface area contributed by atoms with Crippen LogP contribution in [-0.4, -0.2) is 28.6 Å². The van der Waals surface area contributed by atoms with Gasteiger partial charge in [-0.05, 0) is 68.2 Å². The van der Waals surface area contributed by atoms with E-state index in [0.29, 0.717) is 44.9 Å². The summed E-state index contributed by atoms with van der Waals surface area (Å²) in [4.78, 5) is 51.2. The quantitative estimate of drug-likeness (QED) is 0.393. The summed E-state index contributed by atoms with van der Waals surface area (Å²) in [5.74, 6) is 0.756. The number of rotatable bonds is 5. The van der Waals surface area contributed by atoms with Crippen molar-refractivity contribution in [1.29, 1.82) is 0 Å². The van der Waals surface area contributed by atoms with Crippen LogP contribution in [0.15, 0.2) is 17.5 Å². The van der Waals surface area contributed by atoms with Gasteiger partial charge in [0.25, 0.3) is 13.1 Å². The van der Waals surface area contributed by atoms with E-state index in [0.717, 1.165) is 17.7 Å². The maximum atomic E-state index is 14.7. The van der Waals surface area contributed by atoms with E-state index in [4.69, 9.17) is 22.8 Å². The number of fused-ring (bicyclic) bond motifs is 5. The molecule has 4 aliphatic carbocycles. The summed E-state index contributed by atoms with van der Waals surface area (Å²) < 4.78 is 0. The molecule has 4 fully saturated rings. The first-order chi connectivity index (χ1) is 19.3. The zero-order chi connectivity index (χ0) is 30.0. The molecule has 1 aromatic heterocycles. The molecule has 0 saturated heterocycles. The number of carbonyl (C=O) groups excluding carboxylic acids is 3. The minimum absolute atomic E-state index is 0.0333. The van der Waals surface area contributed by atoms with Crippen LogP contribution in [0.1, 0.15) is 110 Å². The predicted octanol–water partition coefficient (Wildman–Crippen LogP) is 7.56. The summed E-state index contributed by atoms with van der Waals surface area (Å²) in [7, 11) is 0. The number of carbonyl (C=O) groups is 3. The SMILES string of the molecule is C#[N+][C@]12CC[C@]3(C)[C@@H]([C@H](C)CC(=O)NC(C)c4cccs4)CC[C@@]3([N+]#C)[C@]1(C)C(=O)C[C@@H](C)C1CC(=O)CC[C@@]12C. The average molecular weight is 578 g/mol. The Bertz CT molecular complexity index is 1330. The zero-order valence-corrected chi connectivity index (χ0v) is 26.5. The molecule has 0 aromatic carbocycles. The molecule has 2 unspecified atom stereocenters. The van der Waals surface area contributed by atoms with E-state index in [-0.39, 0.29) is 47.2 Å². The van der Waals surface area contributed by atoms with E-state index < -0.39 is 27.3 Å². The number of hydrogen-bond donors (Lipinski definition) is 1. The molecule has 6 nitrogen and oxygen atoms in total. The fraction of sp³-hybridized carbons (Fsp3) is 0.735. The van der Waals surface area contributed by atoms with Crippen LogP contribution in [0.2, 0.25) is 0 Å². The minimum atomic E-state index is -1.01. The van der Waals surface area contributed by atoms with Gasteiger partial charge < -0.3 is 5.32 Å². The summed E-state index contributed by atoms with van der Waals surface area (Å²) in [5, 5.41) is 5.21. The summed E-state index contributed by atoms with van der Waals surface area (Å²) in [6, 6.07) is 4.01. The third kappa shape index (κ3) is 3.80. The third-order valence-electron chi connectivity index (χ3n) is 13.1. The second-order valence-electron chi connectivity index (χ2n) is 14.5. The van der Waals surface area contributed by atoms with Gasteiger partial charge in [-0.3, -0.25) is 14.4 Å². The molecule has 10 atom stereocenters. The molecule has 7 heteroatoms. The van der Waals surface area contributed by atoms with Crippen molar-refractivity contribution in [3.63, 3.8) is 0 Å². The number of Topliss-reactive ketones (excluding diaryl/α,β-unsaturated/α-hetero) is 2. The van der Waals surface area contributed by atoms with E-state index in [1.165, 1.54) is 0 Å². The normalized spacial score (nSPS) is 43.4. The van der Waals surface area contributed by atoms with Gasteiger partial charge in [0.2, 0.25) is 5.91 Å². The second kappa shape index (κ2) is 10.0. The molecule has 0 spiro atoms. The largest absolute Gasteiger partial charge is 0.349 e. The van der Waals surface area contributed by atoms with Crippen molar-refractivity contribution in [1.82, 2.24) is 5.32 Å². The molecule has 5 rings (SSSR count). The van der Waals surface area contributed by atoms with Crippen LogP contribution in [0.5, 0.6) is 0 Å². The number of thiophene rings is 1. The van der Waals surface area contributed by atoms with E-state index in [2.05, 4.69) is 39.9 Å². The molecule has 0 aliphatic heterocycles. The van der Waals surface area contributed by atoms with Gasteiger partial charge in [0.15, 0.2) is 11.2 Å². The lowest BCUT2D eigenvalue weighted by Gasteiger charge is -2.57. The van der Waals surface area contributed by atoms with Crippen LogP contribution in [0, 0.1) is 53.1 Å². The standard InChI is InChI=1S/C34H46N3O3S/c1-21-18-28(39)32(6)33(35-7)14-12-25(22(2)19-29(40)37-23(3)27-10-9-17-41-27)31(33,5)15-16-34(32,36-8)30(4)13-11-24(38)20-26(21)30/h7-10,17,21-23,25-26H,11-16,18-20H2,1-6H3/q+1/p+1/t21-,22-,23?,25-,26?,30+,31-,32+,33+,34+/m1/s1. The minimum Gasteiger partial charge on any atom is -0.349 e. The first-order valence-electron chi connectivity index (χ1n) is 15.5. The number of ketones is 2. The van der Waals surface area contributed by atoms with Crippen molar-refractivity contribution in [3.05, 3.63) is 32.1 Å². The van der Waals surface area contributed by atoms with E-state index in [9.17, 15) is 14.4 Å². The Labute approximate surface area is 249 Å². The number of hydrogen-bond acceptors (Lipinski definition) is 4. The number of amides is 1. The molecule has 41 heavy (non-hydrogen) atoms. The van der Waals surface area contributed by atoms with Crippen LogP contribution in [0.3, 0.4) is 0 Å². The van der Waals surface area contributed by atoms with Crippen molar-refractivity contribution in [2.45, 2.75) is 116 Å². The maximum absolute atomic E-state index is 14.7. The highest BCUT2D eigenvalue weighted by Crippen LogP contribution is 2.76. The van der Waals surface area contributed by atoms with Gasteiger partial charge in [0.1, 0.15) is 5.78 Å². The van der Waals surface area contributed by atoms with Gasteiger partial charge in [0.05, 0.1) is 16.9 Å². The highest BCUT2D eigenvalue weighted by Gasteiger charge is 2.91. The zero-order valence-electron chi connectivity index (χ0n) is 25.7. The summed E-state index contributed by atoms with van der Waals surface area (Å²) in [6.45, 7) is 25.8. The third-order valence-corrected chi connectivity index (χ3v) is 14.2. The van der Waals surface area contributed by atoms with Crippen LogP contribution >= 0.6 is 11.3 Å². The summed E-state index contributed by atoms with van der Waals surface area (Å²) in [6.07, 6.45) is 5.33. The Hall–Kier alpha value is -2.51. The molecular weight excluding hydrogens is 530 g/mol. The molecule has 4 saturated carbocycles. The molecule has 1 N–H and O–H groups in total. The molecule has 0 bridgehead atoms.